The largest absolute Gasteiger partial charge is 0.466 e. The highest BCUT2D eigenvalue weighted by Crippen LogP contribution is 2.67. The number of hydrogen-bond donors (Lipinski definition) is 0. The van der Waals surface area contributed by atoms with E-state index >= 15 is 0 Å². The van der Waals surface area contributed by atoms with E-state index in [-0.39, 0.29) is 12.6 Å². The highest BCUT2D eigenvalue weighted by atomic mass is 31.2. The topological polar surface area (TPSA) is 49.9 Å². The molecule has 2 aromatic carbocycles. The van der Waals surface area contributed by atoms with Gasteiger partial charge < -0.3 is 14.1 Å². The molecule has 0 saturated carbocycles. The smallest absolute Gasteiger partial charge is 0.313 e. The number of anilines is 2. The van der Waals surface area contributed by atoms with Gasteiger partial charge in [0.2, 0.25) is 0 Å². The minimum absolute atomic E-state index is 0.289. The van der Waals surface area contributed by atoms with Crippen molar-refractivity contribution >= 4 is 24.8 Å². The van der Waals surface area contributed by atoms with Crippen molar-refractivity contribution in [1.82, 2.24) is 0 Å². The molecule has 6 heteroatoms. The predicted octanol–water partition coefficient (Wildman–Crippen LogP) is 5.31. The monoisotopic (exact) mass is 398 g/mol. The molecular formula is C22H27N2O3P. The van der Waals surface area contributed by atoms with Crippen LogP contribution >= 0.6 is 7.44 Å². The average molecular weight is 398 g/mol. The van der Waals surface area contributed by atoms with Gasteiger partial charge in [-0.25, -0.2) is 0 Å². The van der Waals surface area contributed by atoms with Crippen molar-refractivity contribution < 1.29 is 14.1 Å². The zero-order valence-corrected chi connectivity index (χ0v) is 17.3. The molecule has 0 N–H and O–H groups in total. The Morgan fingerprint density at radius 1 is 1.00 bits per heavy atom. The van der Waals surface area contributed by atoms with Crippen molar-refractivity contribution in [1.29, 1.82) is 0 Å². The molecule has 1 atom stereocenters. The molecule has 1 fully saturated rings. The van der Waals surface area contributed by atoms with Gasteiger partial charge in [0, 0.05) is 29.8 Å². The first-order chi connectivity index (χ1) is 13.5. The molecule has 148 valence electrons. The summed E-state index contributed by atoms with van der Waals surface area (Å²) in [5, 5.41) is 0.429. The summed E-state index contributed by atoms with van der Waals surface area (Å²) in [5.74, 6) is -0.973. The molecule has 0 radical (unpaired) electrons. The van der Waals surface area contributed by atoms with Crippen LogP contribution in [0.2, 0.25) is 0 Å². The molecule has 5 nitrogen and oxygen atoms in total. The van der Waals surface area contributed by atoms with E-state index in [0.29, 0.717) is 24.8 Å². The SMILES string of the molecule is C=C(C(CC)C(=O)OCC)P1(=O)N(c2ccccc2)CCN1c1ccccc1. The molecule has 1 unspecified atom stereocenters. The Balaban J connectivity index is 2.08. The van der Waals surface area contributed by atoms with Gasteiger partial charge in [-0.2, -0.15) is 0 Å². The Labute approximate surface area is 167 Å². The Kier molecular flexibility index (Phi) is 6.25. The number of carbonyl (C=O) groups is 1. The highest BCUT2D eigenvalue weighted by molar-refractivity contribution is 7.71. The van der Waals surface area contributed by atoms with Gasteiger partial charge in [-0.3, -0.25) is 9.36 Å². The quantitative estimate of drug-likeness (QED) is 0.467. The van der Waals surface area contributed by atoms with E-state index in [4.69, 9.17) is 4.74 Å². The van der Waals surface area contributed by atoms with Gasteiger partial charge in [-0.05, 0) is 37.6 Å². The lowest BCUT2D eigenvalue weighted by atomic mass is 10.1. The van der Waals surface area contributed by atoms with Gasteiger partial charge in [-0.15, -0.1) is 0 Å². The van der Waals surface area contributed by atoms with Crippen LogP contribution in [0.3, 0.4) is 0 Å². The summed E-state index contributed by atoms with van der Waals surface area (Å²) in [6.45, 7) is 9.33. The number of benzene rings is 2. The molecule has 0 aromatic heterocycles. The first-order valence-corrected chi connectivity index (χ1v) is 11.3. The van der Waals surface area contributed by atoms with Gasteiger partial charge >= 0.3 is 5.97 Å². The highest BCUT2D eigenvalue weighted by Gasteiger charge is 2.48. The molecule has 3 rings (SSSR count). The molecule has 1 saturated heterocycles. The predicted molar refractivity (Wildman–Crippen MR) is 115 cm³/mol. The number of carbonyl (C=O) groups excluding carboxylic acids is 1. The van der Waals surface area contributed by atoms with Crippen LogP contribution in [0.15, 0.2) is 72.6 Å². The maximum Gasteiger partial charge on any atom is 0.313 e. The minimum Gasteiger partial charge on any atom is -0.466 e. The average Bonchev–Trinajstić information content (AvgIpc) is 3.08. The van der Waals surface area contributed by atoms with Crippen LogP contribution in [0, 0.1) is 5.92 Å². The van der Waals surface area contributed by atoms with Crippen LogP contribution in [-0.2, 0) is 14.1 Å². The number of hydrogen-bond acceptors (Lipinski definition) is 3. The summed E-state index contributed by atoms with van der Waals surface area (Å²) in [6, 6.07) is 19.3. The lowest BCUT2D eigenvalue weighted by molar-refractivity contribution is -0.146. The second kappa shape index (κ2) is 8.66. The number of nitrogens with zero attached hydrogens (tertiary/aromatic N) is 2. The molecule has 0 aliphatic carbocycles. The first kappa shape index (κ1) is 20.2. The lowest BCUT2D eigenvalue weighted by Crippen LogP contribution is -2.27. The van der Waals surface area contributed by atoms with Crippen molar-refractivity contribution in [3.8, 4) is 0 Å². The summed E-state index contributed by atoms with van der Waals surface area (Å²) in [6.07, 6.45) is 0.493. The molecule has 0 amide bonds. The zero-order chi connectivity index (χ0) is 20.1. The van der Waals surface area contributed by atoms with Crippen molar-refractivity contribution in [3.05, 3.63) is 72.6 Å². The summed E-state index contributed by atoms with van der Waals surface area (Å²) in [4.78, 5) is 12.6. The summed E-state index contributed by atoms with van der Waals surface area (Å²) in [7, 11) is -3.30. The second-order valence-corrected chi connectivity index (χ2v) is 9.29. The van der Waals surface area contributed by atoms with Gasteiger partial charge in [0.15, 0.2) is 0 Å². The number of para-hydroxylation sites is 2. The maximum atomic E-state index is 14.6. The van der Waals surface area contributed by atoms with E-state index < -0.39 is 13.4 Å². The van der Waals surface area contributed by atoms with E-state index in [2.05, 4.69) is 6.58 Å². The zero-order valence-electron chi connectivity index (χ0n) is 16.5. The molecule has 1 heterocycles. The second-order valence-electron chi connectivity index (χ2n) is 6.67. The minimum atomic E-state index is -3.30. The van der Waals surface area contributed by atoms with E-state index in [1.54, 1.807) is 6.92 Å². The van der Waals surface area contributed by atoms with Crippen LogP contribution in [0.4, 0.5) is 11.4 Å². The molecule has 1 aliphatic heterocycles. The molecule has 0 bridgehead atoms. The van der Waals surface area contributed by atoms with E-state index in [0.717, 1.165) is 11.4 Å². The number of ether oxygens (including phenoxy) is 1. The van der Waals surface area contributed by atoms with Crippen molar-refractivity contribution in [2.75, 3.05) is 29.0 Å². The normalized spacial score (nSPS) is 16.6. The van der Waals surface area contributed by atoms with Crippen molar-refractivity contribution in [3.63, 3.8) is 0 Å². The summed E-state index contributed by atoms with van der Waals surface area (Å²) in [5.41, 5.74) is 1.73. The van der Waals surface area contributed by atoms with E-state index in [9.17, 15) is 9.36 Å². The summed E-state index contributed by atoms with van der Waals surface area (Å²) < 4.78 is 23.7. The third kappa shape index (κ3) is 3.59. The fourth-order valence-corrected chi connectivity index (χ4v) is 6.85. The fraction of sp³-hybridized carbons (Fsp3) is 0.318. The first-order valence-electron chi connectivity index (χ1n) is 9.66. The standard InChI is InChI=1S/C22H27N2O3P/c1-4-21(22(25)27-5-2)18(3)28(26)23(19-12-8-6-9-13-19)16-17-24(28)20-14-10-7-11-15-20/h6-15,21H,3-5,16-17H2,1-2H3. The maximum absolute atomic E-state index is 14.6. The fourth-order valence-electron chi connectivity index (χ4n) is 3.66. The molecule has 0 spiro atoms. The van der Waals surface area contributed by atoms with Gasteiger partial charge in [0.25, 0.3) is 7.44 Å². The van der Waals surface area contributed by atoms with Crippen LogP contribution < -0.4 is 9.34 Å². The van der Waals surface area contributed by atoms with Crippen molar-refractivity contribution in [2.24, 2.45) is 5.92 Å². The number of rotatable bonds is 7. The Bertz CT molecular complexity index is 818. The van der Waals surface area contributed by atoms with Crippen molar-refractivity contribution in [2.45, 2.75) is 20.3 Å². The van der Waals surface area contributed by atoms with Crippen LogP contribution in [0.1, 0.15) is 20.3 Å². The Morgan fingerprint density at radius 3 is 1.86 bits per heavy atom. The van der Waals surface area contributed by atoms with E-state index in [1.165, 1.54) is 0 Å². The molecule has 2 aromatic rings. The number of esters is 1. The lowest BCUT2D eigenvalue weighted by Gasteiger charge is -2.35. The van der Waals surface area contributed by atoms with Gasteiger partial charge in [0.1, 0.15) is 0 Å². The third-order valence-electron chi connectivity index (χ3n) is 5.04. The van der Waals surface area contributed by atoms with Gasteiger partial charge in [0.05, 0.1) is 12.5 Å². The Hall–Kier alpha value is -2.52. The van der Waals surface area contributed by atoms with Crippen LogP contribution in [0.25, 0.3) is 0 Å². The van der Waals surface area contributed by atoms with E-state index in [1.807, 2.05) is 76.9 Å². The van der Waals surface area contributed by atoms with Crippen LogP contribution in [0.5, 0.6) is 0 Å². The summed E-state index contributed by atoms with van der Waals surface area (Å²) >= 11 is 0. The van der Waals surface area contributed by atoms with Gasteiger partial charge in [-0.1, -0.05) is 49.9 Å². The third-order valence-corrected chi connectivity index (χ3v) is 8.27. The molecule has 28 heavy (non-hydrogen) atoms. The molecular weight excluding hydrogens is 371 g/mol. The Morgan fingerprint density at radius 2 is 1.46 bits per heavy atom. The van der Waals surface area contributed by atoms with Crippen LogP contribution in [-0.4, -0.2) is 25.7 Å². The molecule has 1 aliphatic rings.